The number of thiophene rings is 1. The van der Waals surface area contributed by atoms with E-state index in [1.807, 2.05) is 47.3 Å². The summed E-state index contributed by atoms with van der Waals surface area (Å²) in [7, 11) is 3.59. The summed E-state index contributed by atoms with van der Waals surface area (Å²) in [5, 5.41) is 0.972. The minimum absolute atomic E-state index is 0.0342. The molecule has 0 radical (unpaired) electrons. The number of rotatable bonds is 3. The first kappa shape index (κ1) is 14.6. The van der Waals surface area contributed by atoms with Crippen LogP contribution < -0.4 is 0 Å². The zero-order valence-electron chi connectivity index (χ0n) is 12.9. The Morgan fingerprint density at radius 2 is 1.68 bits per heavy atom. The third-order valence-corrected chi connectivity index (χ3v) is 4.71. The standard InChI is InChI=1S/C18H18N2OS/c1-13-15(14-9-5-4-6-10-14)16(17(21)19(2)3)18(22-13)20-11-7-8-12-20/h4-12H,1-3H3. The second-order valence-corrected chi connectivity index (χ2v) is 6.57. The van der Waals surface area contributed by atoms with Gasteiger partial charge in [0.2, 0.25) is 0 Å². The van der Waals surface area contributed by atoms with Crippen LogP contribution in [-0.4, -0.2) is 29.5 Å². The van der Waals surface area contributed by atoms with Gasteiger partial charge in [-0.3, -0.25) is 4.79 Å². The molecule has 0 spiro atoms. The number of hydrogen-bond donors (Lipinski definition) is 0. The second kappa shape index (κ2) is 5.81. The van der Waals surface area contributed by atoms with Gasteiger partial charge in [0.1, 0.15) is 5.00 Å². The van der Waals surface area contributed by atoms with Gasteiger partial charge in [0, 0.05) is 36.9 Å². The fourth-order valence-corrected chi connectivity index (χ4v) is 3.69. The Morgan fingerprint density at radius 1 is 1.05 bits per heavy atom. The smallest absolute Gasteiger partial charge is 0.257 e. The van der Waals surface area contributed by atoms with Crippen molar-refractivity contribution in [1.82, 2.24) is 9.47 Å². The Balaban J connectivity index is 2.28. The number of carbonyl (C=O) groups excluding carboxylic acids is 1. The topological polar surface area (TPSA) is 25.2 Å². The molecule has 2 aromatic heterocycles. The fraction of sp³-hybridized carbons (Fsp3) is 0.167. The van der Waals surface area contributed by atoms with Gasteiger partial charge in [-0.15, -0.1) is 11.3 Å². The van der Waals surface area contributed by atoms with Crippen molar-refractivity contribution in [2.45, 2.75) is 6.92 Å². The number of benzene rings is 1. The molecule has 4 heteroatoms. The molecule has 22 heavy (non-hydrogen) atoms. The number of hydrogen-bond acceptors (Lipinski definition) is 2. The van der Waals surface area contributed by atoms with Crippen molar-refractivity contribution in [2.24, 2.45) is 0 Å². The molecule has 1 amide bonds. The van der Waals surface area contributed by atoms with Crippen LogP contribution in [0.4, 0.5) is 0 Å². The molecule has 3 aromatic rings. The van der Waals surface area contributed by atoms with E-state index >= 15 is 0 Å². The van der Waals surface area contributed by atoms with Crippen LogP contribution in [0.1, 0.15) is 15.2 Å². The monoisotopic (exact) mass is 310 g/mol. The molecular formula is C18H18N2OS. The van der Waals surface area contributed by atoms with Gasteiger partial charge in [-0.25, -0.2) is 0 Å². The van der Waals surface area contributed by atoms with Crippen LogP contribution in [0.25, 0.3) is 16.1 Å². The molecule has 0 unspecified atom stereocenters. The zero-order chi connectivity index (χ0) is 15.7. The molecule has 3 rings (SSSR count). The predicted octanol–water partition coefficient (Wildman–Crippen LogP) is 4.22. The van der Waals surface area contributed by atoms with E-state index in [1.165, 1.54) is 0 Å². The van der Waals surface area contributed by atoms with Gasteiger partial charge in [-0.1, -0.05) is 30.3 Å². The molecule has 0 aliphatic carbocycles. The van der Waals surface area contributed by atoms with Crippen molar-refractivity contribution in [3.63, 3.8) is 0 Å². The molecule has 112 valence electrons. The average molecular weight is 310 g/mol. The molecule has 1 aromatic carbocycles. The summed E-state index contributed by atoms with van der Waals surface area (Å²) in [5.41, 5.74) is 2.89. The summed E-state index contributed by atoms with van der Waals surface area (Å²) in [6.07, 6.45) is 3.96. The molecule has 0 fully saturated rings. The van der Waals surface area contributed by atoms with Crippen LogP contribution in [0.5, 0.6) is 0 Å². The molecule has 0 atom stereocenters. The summed E-state index contributed by atoms with van der Waals surface area (Å²) >= 11 is 1.65. The highest BCUT2D eigenvalue weighted by Gasteiger charge is 2.24. The first-order valence-electron chi connectivity index (χ1n) is 7.13. The normalized spacial score (nSPS) is 10.7. The molecule has 0 aliphatic heterocycles. The third kappa shape index (κ3) is 2.46. The lowest BCUT2D eigenvalue weighted by molar-refractivity contribution is 0.0829. The molecule has 0 aliphatic rings. The summed E-state index contributed by atoms with van der Waals surface area (Å²) in [4.78, 5) is 15.6. The van der Waals surface area contributed by atoms with Crippen LogP contribution in [-0.2, 0) is 0 Å². The lowest BCUT2D eigenvalue weighted by atomic mass is 10.0. The van der Waals surface area contributed by atoms with E-state index in [-0.39, 0.29) is 5.91 Å². The molecule has 0 saturated heterocycles. The molecule has 2 heterocycles. The van der Waals surface area contributed by atoms with Crippen molar-refractivity contribution < 1.29 is 4.79 Å². The lowest BCUT2D eigenvalue weighted by Gasteiger charge is -2.14. The van der Waals surface area contributed by atoms with Crippen molar-refractivity contribution in [3.8, 4) is 16.1 Å². The fourth-order valence-electron chi connectivity index (χ4n) is 2.56. The van der Waals surface area contributed by atoms with Gasteiger partial charge in [0.05, 0.1) is 5.56 Å². The highest BCUT2D eigenvalue weighted by molar-refractivity contribution is 7.15. The quantitative estimate of drug-likeness (QED) is 0.711. The summed E-state index contributed by atoms with van der Waals surface area (Å²) < 4.78 is 2.01. The predicted molar refractivity (Wildman–Crippen MR) is 91.8 cm³/mol. The van der Waals surface area contributed by atoms with Gasteiger partial charge < -0.3 is 9.47 Å². The Bertz CT molecular complexity index is 786. The highest BCUT2D eigenvalue weighted by Crippen LogP contribution is 2.39. The first-order chi connectivity index (χ1) is 10.6. The van der Waals surface area contributed by atoms with E-state index in [4.69, 9.17) is 0 Å². The van der Waals surface area contributed by atoms with E-state index < -0.39 is 0 Å². The summed E-state index contributed by atoms with van der Waals surface area (Å²) in [6, 6.07) is 14.1. The molecular weight excluding hydrogens is 292 g/mol. The largest absolute Gasteiger partial charge is 0.345 e. The van der Waals surface area contributed by atoms with Crippen LogP contribution >= 0.6 is 11.3 Å². The van der Waals surface area contributed by atoms with Gasteiger partial charge in [-0.05, 0) is 24.6 Å². The summed E-state index contributed by atoms with van der Waals surface area (Å²) in [5.74, 6) is 0.0342. The van der Waals surface area contributed by atoms with Crippen LogP contribution in [0, 0.1) is 6.92 Å². The number of aromatic nitrogens is 1. The minimum Gasteiger partial charge on any atom is -0.345 e. The average Bonchev–Trinajstić information content (AvgIpc) is 3.14. The van der Waals surface area contributed by atoms with E-state index in [9.17, 15) is 4.79 Å². The maximum absolute atomic E-state index is 12.8. The van der Waals surface area contributed by atoms with E-state index in [2.05, 4.69) is 19.1 Å². The lowest BCUT2D eigenvalue weighted by Crippen LogP contribution is -2.23. The Morgan fingerprint density at radius 3 is 2.27 bits per heavy atom. The van der Waals surface area contributed by atoms with Gasteiger partial charge >= 0.3 is 0 Å². The first-order valence-corrected chi connectivity index (χ1v) is 7.95. The second-order valence-electron chi connectivity index (χ2n) is 5.37. The van der Waals surface area contributed by atoms with E-state index in [0.717, 1.165) is 26.6 Å². The van der Waals surface area contributed by atoms with E-state index in [1.54, 1.807) is 30.3 Å². The Kier molecular flexibility index (Phi) is 3.86. The van der Waals surface area contributed by atoms with Gasteiger partial charge in [0.25, 0.3) is 5.91 Å². The third-order valence-electron chi connectivity index (χ3n) is 3.59. The number of aryl methyl sites for hydroxylation is 1. The SMILES string of the molecule is Cc1sc(-n2cccc2)c(C(=O)N(C)C)c1-c1ccccc1. The van der Waals surface area contributed by atoms with Crippen LogP contribution in [0.3, 0.4) is 0 Å². The maximum atomic E-state index is 12.8. The van der Waals surface area contributed by atoms with Crippen molar-refractivity contribution in [1.29, 1.82) is 0 Å². The molecule has 0 bridgehead atoms. The van der Waals surface area contributed by atoms with Crippen LogP contribution in [0.15, 0.2) is 54.9 Å². The van der Waals surface area contributed by atoms with E-state index in [0.29, 0.717) is 0 Å². The van der Waals surface area contributed by atoms with Gasteiger partial charge in [0.15, 0.2) is 0 Å². The van der Waals surface area contributed by atoms with Crippen molar-refractivity contribution in [2.75, 3.05) is 14.1 Å². The van der Waals surface area contributed by atoms with Gasteiger partial charge in [-0.2, -0.15) is 0 Å². The number of carbonyl (C=O) groups is 1. The Labute approximate surface area is 134 Å². The van der Waals surface area contributed by atoms with Crippen molar-refractivity contribution in [3.05, 3.63) is 65.3 Å². The number of nitrogens with zero attached hydrogens (tertiary/aromatic N) is 2. The highest BCUT2D eigenvalue weighted by atomic mass is 32.1. The Hall–Kier alpha value is -2.33. The van der Waals surface area contributed by atoms with Crippen LogP contribution in [0.2, 0.25) is 0 Å². The summed E-state index contributed by atoms with van der Waals surface area (Å²) in [6.45, 7) is 2.08. The number of amides is 1. The maximum Gasteiger partial charge on any atom is 0.257 e. The minimum atomic E-state index is 0.0342. The molecule has 0 N–H and O–H groups in total. The zero-order valence-corrected chi connectivity index (χ0v) is 13.7. The van der Waals surface area contributed by atoms with Crippen molar-refractivity contribution >= 4 is 17.2 Å². The molecule has 3 nitrogen and oxygen atoms in total. The molecule has 0 saturated carbocycles.